The van der Waals surface area contributed by atoms with Gasteiger partial charge in [0.15, 0.2) is 0 Å². The first-order chi connectivity index (χ1) is 13.5. The first-order valence-corrected chi connectivity index (χ1v) is 9.06. The zero-order valence-electron chi connectivity index (χ0n) is 16.3. The highest BCUT2D eigenvalue weighted by Crippen LogP contribution is 2.31. The van der Waals surface area contributed by atoms with E-state index in [1.807, 2.05) is 51.1 Å². The normalized spacial score (nSPS) is 12.1. The molecule has 29 heavy (non-hydrogen) atoms. The number of benzene rings is 2. The molecule has 4 nitrogen and oxygen atoms in total. The van der Waals surface area contributed by atoms with Crippen LogP contribution in [-0.4, -0.2) is 15.7 Å². The number of hydrogen-bond donors (Lipinski definition) is 0. The van der Waals surface area contributed by atoms with Crippen LogP contribution in [0.4, 0.5) is 13.2 Å². The summed E-state index contributed by atoms with van der Waals surface area (Å²) >= 11 is 0. The standard InChI is InChI=1S/C22H21F3N2O2/c1-21(2,3)19-13-18(27(26-19)14-15-8-5-4-6-9-15)20(28)29-17-11-7-10-16(12-17)22(23,24)25/h4-13H,14H2,1-3H3. The molecule has 0 atom stereocenters. The maximum absolute atomic E-state index is 12.9. The van der Waals surface area contributed by atoms with Gasteiger partial charge in [-0.1, -0.05) is 57.2 Å². The third-order valence-electron chi connectivity index (χ3n) is 4.30. The average Bonchev–Trinajstić information content (AvgIpc) is 3.06. The van der Waals surface area contributed by atoms with Gasteiger partial charge >= 0.3 is 12.1 Å². The molecule has 3 rings (SSSR count). The van der Waals surface area contributed by atoms with Crippen molar-refractivity contribution in [3.05, 3.63) is 83.2 Å². The molecule has 3 aromatic rings. The van der Waals surface area contributed by atoms with Crippen LogP contribution in [0.15, 0.2) is 60.7 Å². The van der Waals surface area contributed by atoms with Crippen molar-refractivity contribution in [3.8, 4) is 5.75 Å². The van der Waals surface area contributed by atoms with Gasteiger partial charge in [-0.15, -0.1) is 0 Å². The fourth-order valence-corrected chi connectivity index (χ4v) is 2.72. The molecule has 0 radical (unpaired) electrons. The Balaban J connectivity index is 1.92. The first kappa shape index (κ1) is 20.6. The number of esters is 1. The third kappa shape index (κ3) is 5.04. The van der Waals surface area contributed by atoms with Crippen LogP contribution >= 0.6 is 0 Å². The molecule has 0 N–H and O–H groups in total. The van der Waals surface area contributed by atoms with E-state index in [0.717, 1.165) is 17.7 Å². The molecule has 0 aliphatic rings. The molecule has 0 spiro atoms. The minimum atomic E-state index is -4.52. The van der Waals surface area contributed by atoms with Crippen LogP contribution in [0, 0.1) is 0 Å². The second kappa shape index (κ2) is 7.73. The molecular weight excluding hydrogens is 381 g/mol. The molecule has 1 aromatic heterocycles. The minimum Gasteiger partial charge on any atom is -0.422 e. The Bertz CT molecular complexity index is 1000. The number of alkyl halides is 3. The van der Waals surface area contributed by atoms with Crippen LogP contribution in [0.25, 0.3) is 0 Å². The monoisotopic (exact) mass is 402 g/mol. The number of nitrogens with zero attached hydrogens (tertiary/aromatic N) is 2. The van der Waals surface area contributed by atoms with Crippen LogP contribution in [0.1, 0.15) is 48.1 Å². The molecule has 0 saturated carbocycles. The summed E-state index contributed by atoms with van der Waals surface area (Å²) in [5.41, 5.74) is 0.605. The van der Waals surface area contributed by atoms with Gasteiger partial charge in [0.1, 0.15) is 11.4 Å². The van der Waals surface area contributed by atoms with Gasteiger partial charge in [-0.05, 0) is 29.8 Å². The van der Waals surface area contributed by atoms with Crippen LogP contribution in [0.5, 0.6) is 5.75 Å². The number of carbonyl (C=O) groups excluding carboxylic acids is 1. The number of halogens is 3. The van der Waals surface area contributed by atoms with Gasteiger partial charge in [0.25, 0.3) is 0 Å². The van der Waals surface area contributed by atoms with Crippen LogP contribution in [0.3, 0.4) is 0 Å². The highest BCUT2D eigenvalue weighted by molar-refractivity contribution is 5.89. The zero-order valence-corrected chi connectivity index (χ0v) is 16.3. The molecule has 7 heteroatoms. The predicted octanol–water partition coefficient (Wildman–Crippen LogP) is 5.47. The summed E-state index contributed by atoms with van der Waals surface area (Å²) in [6, 6.07) is 15.3. The molecule has 2 aromatic carbocycles. The fraction of sp³-hybridized carbons (Fsp3) is 0.273. The van der Waals surface area contributed by atoms with E-state index in [1.165, 1.54) is 16.8 Å². The van der Waals surface area contributed by atoms with E-state index in [9.17, 15) is 18.0 Å². The van der Waals surface area contributed by atoms with Crippen molar-refractivity contribution in [2.75, 3.05) is 0 Å². The van der Waals surface area contributed by atoms with E-state index < -0.39 is 17.7 Å². The minimum absolute atomic E-state index is 0.172. The largest absolute Gasteiger partial charge is 0.422 e. The summed E-state index contributed by atoms with van der Waals surface area (Å²) in [7, 11) is 0. The van der Waals surface area contributed by atoms with Crippen LogP contribution in [-0.2, 0) is 18.1 Å². The van der Waals surface area contributed by atoms with Gasteiger partial charge in [-0.3, -0.25) is 4.68 Å². The van der Waals surface area contributed by atoms with Crippen molar-refractivity contribution in [1.82, 2.24) is 9.78 Å². The predicted molar refractivity (Wildman–Crippen MR) is 103 cm³/mol. The van der Waals surface area contributed by atoms with E-state index >= 15 is 0 Å². The summed E-state index contributed by atoms with van der Waals surface area (Å²) < 4.78 is 45.5. The van der Waals surface area contributed by atoms with Gasteiger partial charge < -0.3 is 4.74 Å². The van der Waals surface area contributed by atoms with E-state index in [4.69, 9.17) is 4.74 Å². The van der Waals surface area contributed by atoms with Crippen molar-refractivity contribution < 1.29 is 22.7 Å². The Hall–Kier alpha value is -3.09. The summed E-state index contributed by atoms with van der Waals surface area (Å²) in [5.74, 6) is -0.933. The number of ether oxygens (including phenoxy) is 1. The van der Waals surface area contributed by atoms with E-state index in [2.05, 4.69) is 5.10 Å². The second-order valence-corrected chi connectivity index (χ2v) is 7.72. The molecule has 0 saturated heterocycles. The molecule has 0 amide bonds. The van der Waals surface area contributed by atoms with Crippen LogP contribution in [0.2, 0.25) is 0 Å². The Kier molecular flexibility index (Phi) is 5.50. The zero-order chi connectivity index (χ0) is 21.2. The van der Waals surface area contributed by atoms with Gasteiger partial charge in [-0.2, -0.15) is 18.3 Å². The first-order valence-electron chi connectivity index (χ1n) is 9.06. The molecule has 0 unspecified atom stereocenters. The number of rotatable bonds is 4. The summed E-state index contributed by atoms with van der Waals surface area (Å²) in [6.45, 7) is 6.22. The lowest BCUT2D eigenvalue weighted by Crippen LogP contribution is -2.17. The summed E-state index contributed by atoms with van der Waals surface area (Å²) in [4.78, 5) is 12.8. The highest BCUT2D eigenvalue weighted by atomic mass is 19.4. The molecule has 152 valence electrons. The third-order valence-corrected chi connectivity index (χ3v) is 4.30. The molecule has 0 aliphatic heterocycles. The maximum Gasteiger partial charge on any atom is 0.416 e. The molecule has 1 heterocycles. The van der Waals surface area contributed by atoms with Gasteiger partial charge in [0, 0.05) is 5.41 Å². The van der Waals surface area contributed by atoms with Gasteiger partial charge in [0.05, 0.1) is 17.8 Å². The number of aromatic nitrogens is 2. The topological polar surface area (TPSA) is 44.1 Å². The van der Waals surface area contributed by atoms with Gasteiger partial charge in [-0.25, -0.2) is 4.79 Å². The van der Waals surface area contributed by atoms with Crippen molar-refractivity contribution in [2.24, 2.45) is 0 Å². The van der Waals surface area contributed by atoms with Crippen molar-refractivity contribution in [2.45, 2.75) is 38.9 Å². The average molecular weight is 402 g/mol. The Labute approximate surface area is 166 Å². The lowest BCUT2D eigenvalue weighted by atomic mass is 9.92. The Morgan fingerprint density at radius 3 is 2.31 bits per heavy atom. The van der Waals surface area contributed by atoms with Crippen molar-refractivity contribution in [3.63, 3.8) is 0 Å². The quantitative estimate of drug-likeness (QED) is 0.430. The molecular formula is C22H21F3N2O2. The Morgan fingerprint density at radius 1 is 1.00 bits per heavy atom. The Morgan fingerprint density at radius 2 is 1.69 bits per heavy atom. The summed E-state index contributed by atoms with van der Waals surface area (Å²) in [6.07, 6.45) is -4.52. The van der Waals surface area contributed by atoms with Crippen LogP contribution < -0.4 is 4.74 Å². The maximum atomic E-state index is 12.9. The second-order valence-electron chi connectivity index (χ2n) is 7.72. The summed E-state index contributed by atoms with van der Waals surface area (Å²) in [5, 5.41) is 4.53. The number of hydrogen-bond acceptors (Lipinski definition) is 3. The fourth-order valence-electron chi connectivity index (χ4n) is 2.72. The highest BCUT2D eigenvalue weighted by Gasteiger charge is 2.31. The SMILES string of the molecule is CC(C)(C)c1cc(C(=O)Oc2cccc(C(F)(F)F)c2)n(Cc2ccccc2)n1. The molecule has 0 bridgehead atoms. The van der Waals surface area contributed by atoms with E-state index in [0.29, 0.717) is 12.2 Å². The van der Waals surface area contributed by atoms with Gasteiger partial charge in [0.2, 0.25) is 0 Å². The van der Waals surface area contributed by atoms with E-state index in [1.54, 1.807) is 6.07 Å². The lowest BCUT2D eigenvalue weighted by molar-refractivity contribution is -0.137. The lowest BCUT2D eigenvalue weighted by Gasteiger charge is -2.14. The number of carbonyl (C=O) groups is 1. The molecule has 0 aliphatic carbocycles. The van der Waals surface area contributed by atoms with Crippen molar-refractivity contribution >= 4 is 5.97 Å². The smallest absolute Gasteiger partial charge is 0.416 e. The molecule has 0 fully saturated rings. The van der Waals surface area contributed by atoms with Crippen molar-refractivity contribution in [1.29, 1.82) is 0 Å². The van der Waals surface area contributed by atoms with E-state index in [-0.39, 0.29) is 16.9 Å².